The zero-order valence-corrected chi connectivity index (χ0v) is 14.3. The summed E-state index contributed by atoms with van der Waals surface area (Å²) in [5.74, 6) is 0.342. The lowest BCUT2D eigenvalue weighted by Crippen LogP contribution is -2.16. The minimum Gasteiger partial charge on any atom is -0.463 e. The van der Waals surface area contributed by atoms with Crippen molar-refractivity contribution in [3.05, 3.63) is 61.0 Å². The number of hydrogen-bond acceptors (Lipinski definition) is 7. The Kier molecular flexibility index (Phi) is 4.09. The van der Waals surface area contributed by atoms with E-state index in [-0.39, 0.29) is 11.5 Å². The van der Waals surface area contributed by atoms with Gasteiger partial charge in [-0.3, -0.25) is 14.5 Å². The highest BCUT2D eigenvalue weighted by molar-refractivity contribution is 6.03. The molecule has 27 heavy (non-hydrogen) atoms. The first kappa shape index (κ1) is 16.5. The molecule has 3 N–H and O–H groups in total. The maximum Gasteiger partial charge on any atom is 0.277 e. The normalized spacial score (nSPS) is 10.7. The van der Waals surface area contributed by atoms with Gasteiger partial charge in [0.15, 0.2) is 11.6 Å². The Balaban J connectivity index is 1.54. The van der Waals surface area contributed by atoms with Crippen molar-refractivity contribution in [3.63, 3.8) is 0 Å². The number of nitrogens with zero attached hydrogens (tertiary/aromatic N) is 5. The minimum absolute atomic E-state index is 0.146. The zero-order chi connectivity index (χ0) is 18.8. The van der Waals surface area contributed by atoms with Crippen LogP contribution in [0.25, 0.3) is 22.7 Å². The topological polar surface area (TPSA) is 125 Å². The van der Waals surface area contributed by atoms with Crippen molar-refractivity contribution in [2.45, 2.75) is 0 Å². The molecule has 0 aliphatic rings. The maximum atomic E-state index is 12.5. The van der Waals surface area contributed by atoms with Gasteiger partial charge in [-0.1, -0.05) is 0 Å². The van der Waals surface area contributed by atoms with Gasteiger partial charge in [0.1, 0.15) is 11.4 Å². The summed E-state index contributed by atoms with van der Waals surface area (Å²) in [6, 6.07) is 6.89. The number of nitrogens with two attached hydrogens (primary N) is 1. The molecule has 0 aliphatic carbocycles. The van der Waals surface area contributed by atoms with E-state index in [1.807, 2.05) is 13.2 Å². The smallest absolute Gasteiger partial charge is 0.277 e. The third kappa shape index (κ3) is 3.38. The van der Waals surface area contributed by atoms with Gasteiger partial charge in [0.25, 0.3) is 5.91 Å². The van der Waals surface area contributed by atoms with Crippen molar-refractivity contribution in [3.8, 4) is 22.7 Å². The Bertz CT molecular complexity index is 1090. The number of aryl methyl sites for hydroxylation is 1. The Morgan fingerprint density at radius 2 is 2.04 bits per heavy atom. The quantitative estimate of drug-likeness (QED) is 0.571. The van der Waals surface area contributed by atoms with Crippen LogP contribution in [0, 0.1) is 0 Å². The summed E-state index contributed by atoms with van der Waals surface area (Å²) in [7, 11) is 1.81. The molecule has 4 heterocycles. The van der Waals surface area contributed by atoms with E-state index < -0.39 is 5.91 Å². The average Bonchev–Trinajstić information content (AvgIpc) is 3.35. The molecular formula is C18H15N7O2. The number of nitrogen functional groups attached to an aromatic ring is 1. The van der Waals surface area contributed by atoms with Crippen molar-refractivity contribution in [2.24, 2.45) is 7.05 Å². The van der Waals surface area contributed by atoms with Gasteiger partial charge in [0, 0.05) is 18.8 Å². The monoisotopic (exact) mass is 361 g/mol. The second kappa shape index (κ2) is 6.71. The summed E-state index contributed by atoms with van der Waals surface area (Å²) in [5.41, 5.74) is 8.39. The number of carbonyl (C=O) groups is 1. The highest BCUT2D eigenvalue weighted by Crippen LogP contribution is 2.24. The number of anilines is 2. The molecule has 0 bridgehead atoms. The number of rotatable bonds is 4. The van der Waals surface area contributed by atoms with Crippen molar-refractivity contribution in [1.82, 2.24) is 24.7 Å². The van der Waals surface area contributed by atoms with Gasteiger partial charge in [0.05, 0.1) is 36.2 Å². The number of hydrogen-bond donors (Lipinski definition) is 2. The van der Waals surface area contributed by atoms with E-state index in [0.717, 1.165) is 5.56 Å². The van der Waals surface area contributed by atoms with Crippen LogP contribution in [0.15, 0.2) is 59.7 Å². The van der Waals surface area contributed by atoms with Crippen LogP contribution in [0.2, 0.25) is 0 Å². The van der Waals surface area contributed by atoms with E-state index >= 15 is 0 Å². The van der Waals surface area contributed by atoms with Crippen molar-refractivity contribution < 1.29 is 9.21 Å². The predicted octanol–water partition coefficient (Wildman–Crippen LogP) is 2.37. The molecule has 0 unspecified atom stereocenters. The predicted molar refractivity (Wildman–Crippen MR) is 98.5 cm³/mol. The van der Waals surface area contributed by atoms with E-state index in [0.29, 0.717) is 22.8 Å². The lowest BCUT2D eigenvalue weighted by molar-refractivity contribution is 0.102. The number of furan rings is 1. The van der Waals surface area contributed by atoms with Crippen LogP contribution in [0.4, 0.5) is 11.5 Å². The van der Waals surface area contributed by atoms with Gasteiger partial charge < -0.3 is 15.5 Å². The molecule has 4 aromatic heterocycles. The van der Waals surface area contributed by atoms with Gasteiger partial charge >= 0.3 is 0 Å². The van der Waals surface area contributed by atoms with Crippen LogP contribution in [0.3, 0.4) is 0 Å². The van der Waals surface area contributed by atoms with Crippen LogP contribution in [0.1, 0.15) is 10.5 Å². The number of amides is 1. The molecule has 0 atom stereocenters. The van der Waals surface area contributed by atoms with Gasteiger partial charge in [-0.05, 0) is 24.3 Å². The molecule has 0 saturated heterocycles. The fraction of sp³-hybridized carbons (Fsp3) is 0.0556. The first-order valence-electron chi connectivity index (χ1n) is 8.03. The molecule has 0 spiro atoms. The Labute approximate surface area is 153 Å². The van der Waals surface area contributed by atoms with Crippen molar-refractivity contribution in [1.29, 1.82) is 0 Å². The second-order valence-corrected chi connectivity index (χ2v) is 5.76. The third-order valence-electron chi connectivity index (χ3n) is 3.82. The summed E-state index contributed by atoms with van der Waals surface area (Å²) in [5, 5.41) is 6.74. The fourth-order valence-corrected chi connectivity index (χ4v) is 2.45. The van der Waals surface area contributed by atoms with Gasteiger partial charge in [0.2, 0.25) is 0 Å². The largest absolute Gasteiger partial charge is 0.463 e. The van der Waals surface area contributed by atoms with Crippen LogP contribution in [-0.4, -0.2) is 30.6 Å². The van der Waals surface area contributed by atoms with E-state index in [2.05, 4.69) is 25.4 Å². The van der Waals surface area contributed by atoms with E-state index in [1.54, 1.807) is 41.4 Å². The van der Waals surface area contributed by atoms with Gasteiger partial charge in [-0.2, -0.15) is 5.10 Å². The molecule has 0 aliphatic heterocycles. The van der Waals surface area contributed by atoms with E-state index in [1.165, 1.54) is 12.4 Å². The van der Waals surface area contributed by atoms with Crippen LogP contribution in [-0.2, 0) is 7.05 Å². The summed E-state index contributed by atoms with van der Waals surface area (Å²) in [4.78, 5) is 25.2. The SMILES string of the molecule is Cn1cc(-c2cnc(C(=O)Nc3nc(-c4ccco4)ccc3N)cn2)cn1. The molecular weight excluding hydrogens is 346 g/mol. The van der Waals surface area contributed by atoms with Crippen LogP contribution < -0.4 is 11.1 Å². The number of carbonyl (C=O) groups excluding carboxylic acids is 1. The Morgan fingerprint density at radius 1 is 1.15 bits per heavy atom. The molecule has 9 nitrogen and oxygen atoms in total. The molecule has 9 heteroatoms. The second-order valence-electron chi connectivity index (χ2n) is 5.76. The molecule has 134 valence electrons. The maximum absolute atomic E-state index is 12.5. The summed E-state index contributed by atoms with van der Waals surface area (Å²) in [6.45, 7) is 0. The van der Waals surface area contributed by atoms with Crippen LogP contribution in [0.5, 0.6) is 0 Å². The molecule has 0 radical (unpaired) electrons. The minimum atomic E-state index is -0.462. The lowest BCUT2D eigenvalue weighted by atomic mass is 10.2. The zero-order valence-electron chi connectivity index (χ0n) is 14.3. The molecule has 4 rings (SSSR count). The van der Waals surface area contributed by atoms with Crippen LogP contribution >= 0.6 is 0 Å². The summed E-state index contributed by atoms with van der Waals surface area (Å²) in [6.07, 6.45) is 7.94. The standard InChI is InChI=1S/C18H15N7O2/c1-25-10-11(7-22-25)14-8-21-15(9-20-14)18(26)24-17-12(19)4-5-13(23-17)16-3-2-6-27-16/h2-10H,19H2,1H3,(H,23,24,26). The summed E-state index contributed by atoms with van der Waals surface area (Å²) < 4.78 is 6.98. The fourth-order valence-electron chi connectivity index (χ4n) is 2.45. The van der Waals surface area contributed by atoms with E-state index in [9.17, 15) is 4.79 Å². The molecule has 4 aromatic rings. The Morgan fingerprint density at radius 3 is 2.70 bits per heavy atom. The Hall–Kier alpha value is -4.01. The number of nitrogens with one attached hydrogen (secondary N) is 1. The first-order chi connectivity index (χ1) is 13.1. The molecule has 0 saturated carbocycles. The lowest BCUT2D eigenvalue weighted by Gasteiger charge is -2.08. The summed E-state index contributed by atoms with van der Waals surface area (Å²) >= 11 is 0. The van der Waals surface area contributed by atoms with Gasteiger partial charge in [-0.25, -0.2) is 9.97 Å². The van der Waals surface area contributed by atoms with Crippen molar-refractivity contribution in [2.75, 3.05) is 11.1 Å². The first-order valence-corrected chi connectivity index (χ1v) is 8.03. The molecule has 0 aromatic carbocycles. The van der Waals surface area contributed by atoms with Crippen molar-refractivity contribution >= 4 is 17.4 Å². The highest BCUT2D eigenvalue weighted by atomic mass is 16.3. The average molecular weight is 361 g/mol. The number of aromatic nitrogens is 5. The number of pyridine rings is 1. The van der Waals surface area contributed by atoms with Gasteiger partial charge in [-0.15, -0.1) is 0 Å². The molecule has 1 amide bonds. The third-order valence-corrected chi connectivity index (χ3v) is 3.82. The molecule has 0 fully saturated rings. The van der Waals surface area contributed by atoms with E-state index in [4.69, 9.17) is 10.2 Å². The highest BCUT2D eigenvalue weighted by Gasteiger charge is 2.14.